The number of nitrogens with zero attached hydrogens (tertiary/aromatic N) is 2. The van der Waals surface area contributed by atoms with E-state index in [2.05, 4.69) is 31.1 Å². The number of likely N-dealkylation sites (tertiary alicyclic amines) is 2. The highest BCUT2D eigenvalue weighted by molar-refractivity contribution is 5.93. The standard InChI is InChI=1S/C23H38N6O2/c1-19-8-9-20(26-22(30)24-10-6-16-28-12-2-3-13-28)18-21(19)27-23(31)25-11-7-17-29-14-4-5-15-29/h8-9,18H,2-7,10-17H2,1H3,(H2,24,26,30)(H2,25,27,31). The Bertz CT molecular complexity index is 714. The molecule has 2 heterocycles. The first-order chi connectivity index (χ1) is 15.1. The summed E-state index contributed by atoms with van der Waals surface area (Å²) in [6.07, 6.45) is 7.04. The first kappa shape index (κ1) is 23.3. The number of urea groups is 2. The zero-order valence-corrected chi connectivity index (χ0v) is 18.8. The van der Waals surface area contributed by atoms with Crippen molar-refractivity contribution in [3.05, 3.63) is 23.8 Å². The number of anilines is 2. The number of amides is 4. The molecule has 31 heavy (non-hydrogen) atoms. The van der Waals surface area contributed by atoms with E-state index in [0.717, 1.165) is 31.5 Å². The molecule has 4 amide bonds. The third-order valence-electron chi connectivity index (χ3n) is 6.01. The van der Waals surface area contributed by atoms with Crippen LogP contribution in [0.25, 0.3) is 0 Å². The molecular formula is C23H38N6O2. The van der Waals surface area contributed by atoms with Crippen LogP contribution in [0.5, 0.6) is 0 Å². The predicted octanol–water partition coefficient (Wildman–Crippen LogP) is 3.21. The molecule has 2 aliphatic rings. The third-order valence-corrected chi connectivity index (χ3v) is 6.01. The Hall–Kier alpha value is -2.32. The molecule has 3 rings (SSSR count). The smallest absolute Gasteiger partial charge is 0.319 e. The minimum Gasteiger partial charge on any atom is -0.338 e. The van der Waals surface area contributed by atoms with E-state index in [1.54, 1.807) is 6.07 Å². The molecule has 1 aromatic carbocycles. The lowest BCUT2D eigenvalue weighted by Gasteiger charge is -2.16. The van der Waals surface area contributed by atoms with Gasteiger partial charge >= 0.3 is 12.1 Å². The highest BCUT2D eigenvalue weighted by atomic mass is 16.2. The predicted molar refractivity (Wildman–Crippen MR) is 126 cm³/mol. The van der Waals surface area contributed by atoms with Crippen LogP contribution in [0.3, 0.4) is 0 Å². The molecule has 1 aromatic rings. The summed E-state index contributed by atoms with van der Waals surface area (Å²) in [4.78, 5) is 29.3. The second-order valence-electron chi connectivity index (χ2n) is 8.60. The van der Waals surface area contributed by atoms with E-state index < -0.39 is 0 Å². The van der Waals surface area contributed by atoms with Crippen molar-refractivity contribution in [2.24, 2.45) is 0 Å². The summed E-state index contributed by atoms with van der Waals surface area (Å²) in [5.74, 6) is 0. The van der Waals surface area contributed by atoms with Gasteiger partial charge in [0.05, 0.1) is 0 Å². The van der Waals surface area contributed by atoms with Gasteiger partial charge in [0, 0.05) is 24.5 Å². The summed E-state index contributed by atoms with van der Waals surface area (Å²) in [6, 6.07) is 5.10. The summed E-state index contributed by atoms with van der Waals surface area (Å²) in [5.41, 5.74) is 2.31. The van der Waals surface area contributed by atoms with Crippen molar-refractivity contribution in [2.45, 2.75) is 45.4 Å². The largest absolute Gasteiger partial charge is 0.338 e. The molecule has 8 heteroatoms. The minimum absolute atomic E-state index is 0.215. The maximum absolute atomic E-state index is 12.2. The molecule has 0 atom stereocenters. The van der Waals surface area contributed by atoms with Gasteiger partial charge in [-0.15, -0.1) is 0 Å². The fourth-order valence-electron chi connectivity index (χ4n) is 4.20. The zero-order chi connectivity index (χ0) is 21.9. The summed E-state index contributed by atoms with van der Waals surface area (Å²) >= 11 is 0. The lowest BCUT2D eigenvalue weighted by Crippen LogP contribution is -2.32. The number of nitrogens with one attached hydrogen (secondary N) is 4. The Kier molecular flexibility index (Phi) is 9.42. The van der Waals surface area contributed by atoms with Crippen LogP contribution in [0, 0.1) is 6.92 Å². The second kappa shape index (κ2) is 12.5. The zero-order valence-electron chi connectivity index (χ0n) is 18.8. The van der Waals surface area contributed by atoms with E-state index >= 15 is 0 Å². The number of aryl methyl sites for hydroxylation is 1. The number of rotatable bonds is 10. The van der Waals surface area contributed by atoms with Crippen LogP contribution >= 0.6 is 0 Å². The summed E-state index contributed by atoms with van der Waals surface area (Å²) in [5, 5.41) is 11.6. The number of carbonyl (C=O) groups is 2. The van der Waals surface area contributed by atoms with Crippen molar-refractivity contribution in [1.82, 2.24) is 20.4 Å². The van der Waals surface area contributed by atoms with Gasteiger partial charge in [0.2, 0.25) is 0 Å². The lowest BCUT2D eigenvalue weighted by molar-refractivity contribution is 0.250. The molecule has 0 saturated carbocycles. The van der Waals surface area contributed by atoms with E-state index in [4.69, 9.17) is 0 Å². The second-order valence-corrected chi connectivity index (χ2v) is 8.60. The van der Waals surface area contributed by atoms with Crippen molar-refractivity contribution in [2.75, 3.05) is 63.0 Å². The van der Waals surface area contributed by atoms with Crippen LogP contribution < -0.4 is 21.3 Å². The van der Waals surface area contributed by atoms with Crippen LogP contribution in [0.15, 0.2) is 18.2 Å². The molecular weight excluding hydrogens is 392 g/mol. The van der Waals surface area contributed by atoms with Crippen molar-refractivity contribution in [3.63, 3.8) is 0 Å². The Morgan fingerprint density at radius 1 is 0.806 bits per heavy atom. The van der Waals surface area contributed by atoms with Gasteiger partial charge in [0.15, 0.2) is 0 Å². The average Bonchev–Trinajstić information content (AvgIpc) is 3.45. The quantitative estimate of drug-likeness (QED) is 0.429. The molecule has 2 fully saturated rings. The van der Waals surface area contributed by atoms with E-state index in [1.807, 2.05) is 19.1 Å². The Labute approximate surface area is 186 Å². The molecule has 0 aliphatic carbocycles. The molecule has 0 radical (unpaired) electrons. The number of benzene rings is 1. The summed E-state index contributed by atoms with van der Waals surface area (Å²) in [6.45, 7) is 10.0. The monoisotopic (exact) mass is 430 g/mol. The van der Waals surface area contributed by atoms with Crippen molar-refractivity contribution < 1.29 is 9.59 Å². The fraction of sp³-hybridized carbons (Fsp3) is 0.652. The van der Waals surface area contributed by atoms with Gasteiger partial charge in [-0.2, -0.15) is 0 Å². The highest BCUT2D eigenvalue weighted by Gasteiger charge is 2.12. The van der Waals surface area contributed by atoms with Crippen LogP contribution in [-0.2, 0) is 0 Å². The van der Waals surface area contributed by atoms with Crippen LogP contribution in [0.1, 0.15) is 44.1 Å². The molecule has 0 spiro atoms. The molecule has 2 aliphatic heterocycles. The van der Waals surface area contributed by atoms with E-state index in [0.29, 0.717) is 24.5 Å². The van der Waals surface area contributed by atoms with E-state index in [1.165, 1.54) is 51.9 Å². The van der Waals surface area contributed by atoms with Crippen molar-refractivity contribution in [1.29, 1.82) is 0 Å². The van der Waals surface area contributed by atoms with Crippen LogP contribution in [0.2, 0.25) is 0 Å². The minimum atomic E-state index is -0.220. The summed E-state index contributed by atoms with van der Waals surface area (Å²) < 4.78 is 0. The highest BCUT2D eigenvalue weighted by Crippen LogP contribution is 2.20. The molecule has 8 nitrogen and oxygen atoms in total. The first-order valence-corrected chi connectivity index (χ1v) is 11.8. The maximum atomic E-state index is 12.2. The first-order valence-electron chi connectivity index (χ1n) is 11.8. The van der Waals surface area contributed by atoms with Gasteiger partial charge in [0.1, 0.15) is 0 Å². The molecule has 0 aromatic heterocycles. The normalized spacial score (nSPS) is 16.9. The Morgan fingerprint density at radius 2 is 1.32 bits per heavy atom. The van der Waals surface area contributed by atoms with Gasteiger partial charge < -0.3 is 31.1 Å². The lowest BCUT2D eigenvalue weighted by atomic mass is 10.2. The van der Waals surface area contributed by atoms with Crippen molar-refractivity contribution in [3.8, 4) is 0 Å². The fourth-order valence-corrected chi connectivity index (χ4v) is 4.20. The van der Waals surface area contributed by atoms with Crippen molar-refractivity contribution >= 4 is 23.4 Å². The Morgan fingerprint density at radius 3 is 1.87 bits per heavy atom. The van der Waals surface area contributed by atoms with Gasteiger partial charge in [0.25, 0.3) is 0 Å². The Balaban J connectivity index is 1.34. The van der Waals surface area contributed by atoms with Gasteiger partial charge in [-0.3, -0.25) is 0 Å². The van der Waals surface area contributed by atoms with Crippen LogP contribution in [-0.4, -0.2) is 74.2 Å². The number of carbonyl (C=O) groups excluding carboxylic acids is 2. The van der Waals surface area contributed by atoms with Gasteiger partial charge in [-0.1, -0.05) is 6.07 Å². The van der Waals surface area contributed by atoms with E-state index in [-0.39, 0.29) is 12.1 Å². The van der Waals surface area contributed by atoms with Gasteiger partial charge in [-0.25, -0.2) is 9.59 Å². The molecule has 0 unspecified atom stereocenters. The number of hydrogen-bond acceptors (Lipinski definition) is 4. The molecule has 172 valence electrons. The van der Waals surface area contributed by atoms with Crippen LogP contribution in [0.4, 0.5) is 21.0 Å². The third kappa shape index (κ3) is 8.38. The average molecular weight is 431 g/mol. The SMILES string of the molecule is Cc1ccc(NC(=O)NCCCN2CCCC2)cc1NC(=O)NCCCN1CCCC1. The summed E-state index contributed by atoms with van der Waals surface area (Å²) in [7, 11) is 0. The molecule has 2 saturated heterocycles. The molecule has 4 N–H and O–H groups in total. The van der Waals surface area contributed by atoms with E-state index in [9.17, 15) is 9.59 Å². The van der Waals surface area contributed by atoms with Gasteiger partial charge in [-0.05, 0) is 102 Å². The topological polar surface area (TPSA) is 88.7 Å². The maximum Gasteiger partial charge on any atom is 0.319 e. The number of hydrogen-bond donors (Lipinski definition) is 4. The molecule has 0 bridgehead atoms.